The van der Waals surface area contributed by atoms with E-state index in [4.69, 9.17) is 9.47 Å². The molecule has 0 saturated carbocycles. The smallest absolute Gasteiger partial charge is 0.129 e. The summed E-state index contributed by atoms with van der Waals surface area (Å²) in [6.45, 7) is 0. The first-order valence-corrected chi connectivity index (χ1v) is 7.50. The number of hydrogen-bond donors (Lipinski definition) is 1. The lowest BCUT2D eigenvalue weighted by Crippen LogP contribution is -2.17. The third kappa shape index (κ3) is 3.11. The fourth-order valence-corrected chi connectivity index (χ4v) is 3.48. The first-order valence-electron chi connectivity index (χ1n) is 5.82. The predicted octanol–water partition coefficient (Wildman–Crippen LogP) is 3.84. The van der Waals surface area contributed by atoms with Gasteiger partial charge in [0.15, 0.2) is 0 Å². The Balaban J connectivity index is 2.36. The van der Waals surface area contributed by atoms with E-state index in [2.05, 4.69) is 33.4 Å². The molecule has 0 fully saturated rings. The molecule has 0 radical (unpaired) electrons. The number of methoxy groups -OCH3 is 2. The van der Waals surface area contributed by atoms with Gasteiger partial charge in [-0.05, 0) is 30.8 Å². The van der Waals surface area contributed by atoms with Crippen molar-refractivity contribution in [2.45, 2.75) is 6.04 Å². The normalized spacial score (nSPS) is 12.2. The lowest BCUT2D eigenvalue weighted by Gasteiger charge is -2.17. The Labute approximate surface area is 125 Å². The van der Waals surface area contributed by atoms with Crippen LogP contribution in [-0.4, -0.2) is 21.3 Å². The summed E-state index contributed by atoms with van der Waals surface area (Å²) in [6.07, 6.45) is 0. The zero-order valence-corrected chi connectivity index (χ0v) is 13.5. The van der Waals surface area contributed by atoms with Gasteiger partial charge in [-0.3, -0.25) is 0 Å². The third-order valence-electron chi connectivity index (χ3n) is 2.92. The minimum Gasteiger partial charge on any atom is -0.497 e. The number of hydrogen-bond acceptors (Lipinski definition) is 4. The maximum absolute atomic E-state index is 5.24. The molecule has 1 unspecified atom stereocenters. The highest BCUT2D eigenvalue weighted by Gasteiger charge is 2.17. The van der Waals surface area contributed by atoms with Gasteiger partial charge in [0, 0.05) is 14.7 Å². The number of rotatable bonds is 5. The summed E-state index contributed by atoms with van der Waals surface area (Å²) in [5, 5.41) is 5.35. The molecule has 19 heavy (non-hydrogen) atoms. The van der Waals surface area contributed by atoms with Gasteiger partial charge in [0.25, 0.3) is 0 Å². The SMILES string of the molecule is CNC(c1cc(OC)cs1)c1ccc(OC)cc1Br. The molecular formula is C14H16BrNO2S. The van der Waals surface area contributed by atoms with Gasteiger partial charge in [-0.25, -0.2) is 0 Å². The van der Waals surface area contributed by atoms with E-state index in [1.54, 1.807) is 25.6 Å². The molecule has 2 aromatic rings. The lowest BCUT2D eigenvalue weighted by molar-refractivity contribution is 0.414. The van der Waals surface area contributed by atoms with Crippen LogP contribution in [-0.2, 0) is 0 Å². The molecule has 102 valence electrons. The molecule has 0 bridgehead atoms. The average molecular weight is 342 g/mol. The van der Waals surface area contributed by atoms with Crippen molar-refractivity contribution in [3.8, 4) is 11.5 Å². The van der Waals surface area contributed by atoms with Crippen molar-refractivity contribution in [3.05, 3.63) is 44.6 Å². The number of halogens is 1. The molecule has 1 atom stereocenters. The van der Waals surface area contributed by atoms with Gasteiger partial charge in [-0.15, -0.1) is 11.3 Å². The lowest BCUT2D eigenvalue weighted by atomic mass is 10.1. The van der Waals surface area contributed by atoms with E-state index in [9.17, 15) is 0 Å². The van der Waals surface area contributed by atoms with Crippen LogP contribution in [0.1, 0.15) is 16.5 Å². The molecule has 0 aliphatic rings. The van der Waals surface area contributed by atoms with E-state index >= 15 is 0 Å². The Kier molecular flexibility index (Phi) is 4.85. The van der Waals surface area contributed by atoms with E-state index in [-0.39, 0.29) is 6.04 Å². The molecule has 5 heteroatoms. The molecule has 0 aliphatic carbocycles. The molecule has 1 aromatic heterocycles. The van der Waals surface area contributed by atoms with Gasteiger partial charge in [-0.2, -0.15) is 0 Å². The topological polar surface area (TPSA) is 30.5 Å². The molecule has 2 rings (SSSR count). The third-order valence-corrected chi connectivity index (χ3v) is 4.59. The summed E-state index contributed by atoms with van der Waals surface area (Å²) >= 11 is 5.28. The highest BCUT2D eigenvalue weighted by atomic mass is 79.9. The summed E-state index contributed by atoms with van der Waals surface area (Å²) in [4.78, 5) is 1.21. The van der Waals surface area contributed by atoms with E-state index in [1.807, 2.05) is 24.6 Å². The van der Waals surface area contributed by atoms with Gasteiger partial charge in [-0.1, -0.05) is 22.0 Å². The van der Waals surface area contributed by atoms with Crippen LogP contribution in [0.2, 0.25) is 0 Å². The fraction of sp³-hybridized carbons (Fsp3) is 0.286. The van der Waals surface area contributed by atoms with Crippen molar-refractivity contribution < 1.29 is 9.47 Å². The number of thiophene rings is 1. The Hall–Kier alpha value is -1.04. The average Bonchev–Trinajstić information content (AvgIpc) is 2.90. The zero-order valence-electron chi connectivity index (χ0n) is 11.1. The number of nitrogens with one attached hydrogen (secondary N) is 1. The van der Waals surface area contributed by atoms with Crippen LogP contribution in [0.25, 0.3) is 0 Å². The van der Waals surface area contributed by atoms with Crippen LogP contribution >= 0.6 is 27.3 Å². The summed E-state index contributed by atoms with van der Waals surface area (Å²) in [5.74, 6) is 1.74. The summed E-state index contributed by atoms with van der Waals surface area (Å²) < 4.78 is 11.5. The first kappa shape index (κ1) is 14.4. The van der Waals surface area contributed by atoms with Crippen molar-refractivity contribution in [3.63, 3.8) is 0 Å². The van der Waals surface area contributed by atoms with Crippen LogP contribution < -0.4 is 14.8 Å². The van der Waals surface area contributed by atoms with Crippen molar-refractivity contribution in [2.75, 3.05) is 21.3 Å². The van der Waals surface area contributed by atoms with Crippen molar-refractivity contribution in [2.24, 2.45) is 0 Å². The second-order valence-electron chi connectivity index (χ2n) is 4.00. The molecule has 3 nitrogen and oxygen atoms in total. The first-order chi connectivity index (χ1) is 9.19. The van der Waals surface area contributed by atoms with Gasteiger partial charge >= 0.3 is 0 Å². The molecule has 0 amide bonds. The summed E-state index contributed by atoms with van der Waals surface area (Å²) in [7, 11) is 5.30. The Morgan fingerprint density at radius 2 is 1.89 bits per heavy atom. The van der Waals surface area contributed by atoms with Crippen molar-refractivity contribution >= 4 is 27.3 Å². The molecule has 1 N–H and O–H groups in total. The Morgan fingerprint density at radius 1 is 1.16 bits per heavy atom. The second kappa shape index (κ2) is 6.41. The van der Waals surface area contributed by atoms with E-state index in [0.717, 1.165) is 16.0 Å². The van der Waals surface area contributed by atoms with Gasteiger partial charge in [0.2, 0.25) is 0 Å². The zero-order chi connectivity index (χ0) is 13.8. The largest absolute Gasteiger partial charge is 0.497 e. The quantitative estimate of drug-likeness (QED) is 0.896. The predicted molar refractivity (Wildman–Crippen MR) is 82.5 cm³/mol. The molecule has 1 aromatic carbocycles. The van der Waals surface area contributed by atoms with Crippen LogP contribution in [0.15, 0.2) is 34.1 Å². The van der Waals surface area contributed by atoms with Crippen LogP contribution in [0.3, 0.4) is 0 Å². The summed E-state index contributed by atoms with van der Waals surface area (Å²) in [5.41, 5.74) is 1.17. The van der Waals surface area contributed by atoms with E-state index in [0.29, 0.717) is 0 Å². The molecule has 0 aliphatic heterocycles. The van der Waals surface area contributed by atoms with Crippen molar-refractivity contribution in [1.82, 2.24) is 5.32 Å². The maximum atomic E-state index is 5.24. The van der Waals surface area contributed by atoms with Crippen LogP contribution in [0, 0.1) is 0 Å². The highest BCUT2D eigenvalue weighted by molar-refractivity contribution is 9.10. The van der Waals surface area contributed by atoms with Gasteiger partial charge in [0.1, 0.15) is 11.5 Å². The minimum atomic E-state index is 0.134. The number of benzene rings is 1. The molecule has 1 heterocycles. The van der Waals surface area contributed by atoms with E-state index < -0.39 is 0 Å². The van der Waals surface area contributed by atoms with Crippen molar-refractivity contribution in [1.29, 1.82) is 0 Å². The van der Waals surface area contributed by atoms with Crippen LogP contribution in [0.4, 0.5) is 0 Å². The standard InChI is InChI=1S/C14H16BrNO2S/c1-16-14(13-7-10(18-3)8-19-13)11-5-4-9(17-2)6-12(11)15/h4-8,14,16H,1-3H3. The number of ether oxygens (including phenoxy) is 2. The molecular weight excluding hydrogens is 326 g/mol. The maximum Gasteiger partial charge on any atom is 0.129 e. The van der Waals surface area contributed by atoms with Crippen LogP contribution in [0.5, 0.6) is 11.5 Å². The Bertz CT molecular complexity index is 556. The van der Waals surface area contributed by atoms with Gasteiger partial charge in [0.05, 0.1) is 20.3 Å². The minimum absolute atomic E-state index is 0.134. The monoisotopic (exact) mass is 341 g/mol. The van der Waals surface area contributed by atoms with E-state index in [1.165, 1.54) is 10.4 Å². The molecule has 0 saturated heterocycles. The molecule has 0 spiro atoms. The summed E-state index contributed by atoms with van der Waals surface area (Å²) in [6, 6.07) is 8.20. The second-order valence-corrected chi connectivity index (χ2v) is 5.80. The Morgan fingerprint density at radius 3 is 2.42 bits per heavy atom. The highest BCUT2D eigenvalue weighted by Crippen LogP contribution is 2.35. The van der Waals surface area contributed by atoms with Gasteiger partial charge < -0.3 is 14.8 Å². The fourth-order valence-electron chi connectivity index (χ4n) is 1.91.